The Kier molecular flexibility index (Phi) is 8.01. The summed E-state index contributed by atoms with van der Waals surface area (Å²) < 4.78 is 7.58. The van der Waals surface area contributed by atoms with Gasteiger partial charge in [-0.25, -0.2) is 19.1 Å². The quantitative estimate of drug-likeness (QED) is 0.483. The van der Waals surface area contributed by atoms with Gasteiger partial charge in [0.25, 0.3) is 0 Å². The van der Waals surface area contributed by atoms with E-state index in [-0.39, 0.29) is 12.2 Å². The van der Waals surface area contributed by atoms with Gasteiger partial charge in [0.05, 0.1) is 35.8 Å². The molecule has 3 aromatic rings. The van der Waals surface area contributed by atoms with E-state index < -0.39 is 29.3 Å². The van der Waals surface area contributed by atoms with Crippen LogP contribution in [-0.4, -0.2) is 31.8 Å². The maximum Gasteiger partial charge on any atom is 0.335 e. The molecule has 9 nitrogen and oxygen atoms in total. The van der Waals surface area contributed by atoms with E-state index in [4.69, 9.17) is 27.9 Å². The Labute approximate surface area is 204 Å². The Morgan fingerprint density at radius 3 is 2.41 bits per heavy atom. The molecule has 0 unspecified atom stereocenters. The van der Waals surface area contributed by atoms with Crippen LogP contribution in [0.1, 0.15) is 32.4 Å². The van der Waals surface area contributed by atoms with Gasteiger partial charge in [0.2, 0.25) is 5.62 Å². The van der Waals surface area contributed by atoms with Crippen molar-refractivity contribution in [1.29, 1.82) is 0 Å². The van der Waals surface area contributed by atoms with E-state index in [0.717, 1.165) is 10.1 Å². The largest absolute Gasteiger partial charge is 0.492 e. The fourth-order valence-corrected chi connectivity index (χ4v) is 3.63. The maximum atomic E-state index is 13.4. The number of carboxylic acid groups (broad SMARTS) is 1. The zero-order chi connectivity index (χ0) is 25.0. The predicted octanol–water partition coefficient (Wildman–Crippen LogP) is 3.61. The fourth-order valence-electron chi connectivity index (χ4n) is 3.28. The summed E-state index contributed by atoms with van der Waals surface area (Å²) in [5, 5.41) is 10.2. The molecule has 0 saturated heterocycles. The molecule has 2 atom stereocenters. The summed E-state index contributed by atoms with van der Waals surface area (Å²) in [5.41, 5.74) is -0.372. The average molecular weight is 507 g/mol. The second-order valence-corrected chi connectivity index (χ2v) is 8.49. The first-order valence-electron chi connectivity index (χ1n) is 10.5. The van der Waals surface area contributed by atoms with Crippen LogP contribution < -0.4 is 21.7 Å². The highest BCUT2D eigenvalue weighted by molar-refractivity contribution is 6.32. The number of nitrogens with zero attached hydrogens (tertiary/aromatic N) is 3. The number of hydrogen-bond donors (Lipinski definition) is 2. The lowest BCUT2D eigenvalue weighted by molar-refractivity contribution is -0.142. The van der Waals surface area contributed by atoms with Gasteiger partial charge in [0.15, 0.2) is 0 Å². The highest BCUT2D eigenvalue weighted by Crippen LogP contribution is 2.28. The lowest BCUT2D eigenvalue weighted by Crippen LogP contribution is -2.52. The Bertz CT molecular complexity index is 1380. The van der Waals surface area contributed by atoms with Crippen LogP contribution in [0.4, 0.5) is 5.69 Å². The number of carboxylic acids is 1. The maximum absolute atomic E-state index is 13.4. The van der Waals surface area contributed by atoms with Crippen molar-refractivity contribution in [1.82, 2.24) is 14.1 Å². The van der Waals surface area contributed by atoms with Crippen molar-refractivity contribution < 1.29 is 14.6 Å². The molecular weight excluding hydrogens is 483 g/mol. The van der Waals surface area contributed by atoms with Crippen LogP contribution in [0.15, 0.2) is 57.0 Å². The minimum atomic E-state index is -1.12. The SMILES string of the molecule is CCOc1ccc(/N=c2\[nH]c(=O)n([C@@H](C)[C@@H](C)C(=O)O)c(=O)n2Cc2ccc(Cl)cc2)cc1Cl. The number of aliphatic carboxylic acids is 1. The van der Waals surface area contributed by atoms with Gasteiger partial charge in [-0.15, -0.1) is 0 Å². The van der Waals surface area contributed by atoms with Crippen LogP contribution in [-0.2, 0) is 11.3 Å². The highest BCUT2D eigenvalue weighted by Gasteiger charge is 2.25. The van der Waals surface area contributed by atoms with Crippen molar-refractivity contribution in [3.05, 3.63) is 84.7 Å². The van der Waals surface area contributed by atoms with Crippen molar-refractivity contribution in [2.45, 2.75) is 33.4 Å². The van der Waals surface area contributed by atoms with Crippen LogP contribution in [0.5, 0.6) is 5.75 Å². The van der Waals surface area contributed by atoms with Gasteiger partial charge in [-0.3, -0.25) is 14.3 Å². The van der Waals surface area contributed by atoms with Gasteiger partial charge < -0.3 is 9.84 Å². The van der Waals surface area contributed by atoms with E-state index in [1.54, 1.807) is 42.5 Å². The lowest BCUT2D eigenvalue weighted by atomic mass is 10.0. The van der Waals surface area contributed by atoms with Crippen LogP contribution >= 0.6 is 23.2 Å². The number of H-pyrrole nitrogens is 1. The fraction of sp³-hybridized carbons (Fsp3) is 0.304. The summed E-state index contributed by atoms with van der Waals surface area (Å²) in [5.74, 6) is -1.62. The normalized spacial score (nSPS) is 13.5. The smallest absolute Gasteiger partial charge is 0.335 e. The van der Waals surface area contributed by atoms with Gasteiger partial charge >= 0.3 is 17.3 Å². The lowest BCUT2D eigenvalue weighted by Gasteiger charge is -2.19. The topological polar surface area (TPSA) is 119 Å². The number of carbonyl (C=O) groups is 1. The van der Waals surface area contributed by atoms with Crippen molar-refractivity contribution >= 4 is 34.9 Å². The molecule has 0 aliphatic heterocycles. The first-order chi connectivity index (χ1) is 16.1. The zero-order valence-electron chi connectivity index (χ0n) is 18.8. The summed E-state index contributed by atoms with van der Waals surface area (Å²) in [4.78, 5) is 44.8. The van der Waals surface area contributed by atoms with E-state index in [9.17, 15) is 19.5 Å². The molecule has 0 amide bonds. The number of nitrogens with one attached hydrogen (secondary N) is 1. The summed E-state index contributed by atoms with van der Waals surface area (Å²) in [7, 11) is 0. The Morgan fingerprint density at radius 1 is 1.15 bits per heavy atom. The first kappa shape index (κ1) is 25.3. The second kappa shape index (κ2) is 10.8. The number of rotatable bonds is 8. The summed E-state index contributed by atoms with van der Waals surface area (Å²) in [6.45, 7) is 5.27. The minimum absolute atomic E-state index is 0.0170. The number of ether oxygens (including phenoxy) is 1. The molecule has 0 radical (unpaired) electrons. The van der Waals surface area contributed by atoms with Crippen molar-refractivity contribution in [2.75, 3.05) is 6.61 Å². The molecule has 0 fully saturated rings. The van der Waals surface area contributed by atoms with E-state index in [2.05, 4.69) is 9.98 Å². The molecule has 0 spiro atoms. The molecule has 0 saturated carbocycles. The molecule has 180 valence electrons. The molecule has 1 heterocycles. The first-order valence-corrected chi connectivity index (χ1v) is 11.3. The molecule has 2 aromatic carbocycles. The molecular formula is C23H24Cl2N4O5. The number of aromatic nitrogens is 3. The Hall–Kier alpha value is -3.30. The summed E-state index contributed by atoms with van der Waals surface area (Å²) in [6.07, 6.45) is 0. The predicted molar refractivity (Wildman–Crippen MR) is 129 cm³/mol. The second-order valence-electron chi connectivity index (χ2n) is 7.65. The van der Waals surface area contributed by atoms with Crippen molar-refractivity contribution in [3.8, 4) is 5.75 Å². The minimum Gasteiger partial charge on any atom is -0.492 e. The van der Waals surface area contributed by atoms with Gasteiger partial charge in [-0.1, -0.05) is 35.3 Å². The van der Waals surface area contributed by atoms with Gasteiger partial charge in [-0.2, -0.15) is 0 Å². The van der Waals surface area contributed by atoms with Gasteiger partial charge in [-0.05, 0) is 56.7 Å². The molecule has 1 aromatic heterocycles. The molecule has 0 aliphatic rings. The third-order valence-electron chi connectivity index (χ3n) is 5.35. The molecule has 34 heavy (non-hydrogen) atoms. The average Bonchev–Trinajstić information content (AvgIpc) is 2.78. The van der Waals surface area contributed by atoms with Crippen LogP contribution in [0.2, 0.25) is 10.0 Å². The molecule has 11 heteroatoms. The van der Waals surface area contributed by atoms with Crippen LogP contribution in [0.3, 0.4) is 0 Å². The number of aromatic amines is 1. The number of hydrogen-bond acceptors (Lipinski definition) is 5. The molecule has 2 N–H and O–H groups in total. The third kappa shape index (κ3) is 5.60. The third-order valence-corrected chi connectivity index (χ3v) is 5.90. The van der Waals surface area contributed by atoms with Crippen molar-refractivity contribution in [2.24, 2.45) is 10.9 Å². The van der Waals surface area contributed by atoms with Crippen molar-refractivity contribution in [3.63, 3.8) is 0 Å². The molecule has 3 rings (SSSR count). The van der Waals surface area contributed by atoms with E-state index in [1.807, 2.05) is 6.92 Å². The summed E-state index contributed by atoms with van der Waals surface area (Å²) in [6, 6.07) is 10.8. The highest BCUT2D eigenvalue weighted by atomic mass is 35.5. The van der Waals surface area contributed by atoms with Gasteiger partial charge in [0, 0.05) is 5.02 Å². The number of benzene rings is 2. The van der Waals surface area contributed by atoms with E-state index >= 15 is 0 Å². The van der Waals surface area contributed by atoms with Gasteiger partial charge in [0.1, 0.15) is 5.75 Å². The monoisotopic (exact) mass is 506 g/mol. The number of halogens is 2. The molecule has 0 aliphatic carbocycles. The standard InChI is InChI=1S/C23H24Cl2N4O5/c1-4-34-19-10-9-17(11-18(19)25)26-21-27-22(32)29(14(3)13(2)20(30)31)23(33)28(21)12-15-5-7-16(24)8-6-15/h5-11,13-14H,4,12H2,1-3H3,(H,30,31)(H,26,27,32)/t13-,14+/m1/s1. The van der Waals surface area contributed by atoms with Crippen LogP contribution in [0.25, 0.3) is 0 Å². The van der Waals surface area contributed by atoms with E-state index in [0.29, 0.717) is 28.1 Å². The molecule has 0 bridgehead atoms. The Balaban J connectivity index is 2.22. The summed E-state index contributed by atoms with van der Waals surface area (Å²) >= 11 is 12.2. The Morgan fingerprint density at radius 2 is 1.82 bits per heavy atom. The zero-order valence-corrected chi connectivity index (χ0v) is 20.3. The van der Waals surface area contributed by atoms with E-state index in [1.165, 1.54) is 18.4 Å². The van der Waals surface area contributed by atoms with Crippen LogP contribution in [0, 0.1) is 5.92 Å².